The van der Waals surface area contributed by atoms with Gasteiger partial charge in [-0.2, -0.15) is 0 Å². The lowest BCUT2D eigenvalue weighted by Crippen LogP contribution is -2.06. The van der Waals surface area contributed by atoms with E-state index in [4.69, 9.17) is 0 Å². The highest BCUT2D eigenvalue weighted by atomic mass is 32.2. The number of thioether (sulfide) groups is 1. The molecule has 2 atom stereocenters. The van der Waals surface area contributed by atoms with Gasteiger partial charge < -0.3 is 0 Å². The molecule has 5 aromatic carbocycles. The van der Waals surface area contributed by atoms with E-state index in [1.54, 1.807) is 0 Å². The molecule has 190 valence electrons. The summed E-state index contributed by atoms with van der Waals surface area (Å²) in [6.45, 7) is 4.47. The first-order valence-corrected chi connectivity index (χ1v) is 14.9. The molecule has 0 fully saturated rings. The monoisotopic (exact) mass is 520 g/mol. The lowest BCUT2D eigenvalue weighted by molar-refractivity contribution is 0.877. The second-order valence-corrected chi connectivity index (χ2v) is 12.0. The van der Waals surface area contributed by atoms with Gasteiger partial charge in [0, 0.05) is 16.1 Å². The second-order valence-electron chi connectivity index (χ2n) is 10.8. The maximum absolute atomic E-state index is 2.44. The highest BCUT2D eigenvalue weighted by Crippen LogP contribution is 2.48. The van der Waals surface area contributed by atoms with Crippen molar-refractivity contribution in [2.75, 3.05) is 0 Å². The predicted octanol–water partition coefficient (Wildman–Crippen LogP) is 10.3. The summed E-state index contributed by atoms with van der Waals surface area (Å²) in [5.41, 5.74) is 12.2. The smallest absolute Gasteiger partial charge is 0.0381 e. The molecule has 0 amide bonds. The minimum Gasteiger partial charge on any atom is -0.117 e. The number of hydrogen-bond acceptors (Lipinski definition) is 1. The second kappa shape index (κ2) is 10.1. The van der Waals surface area contributed by atoms with Crippen LogP contribution in [0.1, 0.15) is 40.7 Å². The molecule has 0 bridgehead atoms. The van der Waals surface area contributed by atoms with Gasteiger partial charge >= 0.3 is 0 Å². The highest BCUT2D eigenvalue weighted by Gasteiger charge is 2.30. The van der Waals surface area contributed by atoms with E-state index < -0.39 is 0 Å². The summed E-state index contributed by atoms with van der Waals surface area (Å²) in [6, 6.07) is 36.5. The SMILES string of the molecule is CCc1ccc(-c2ccc(Cc3ccc4c(c3)C3C=CC=CC3S4)cc2)c2cccc(-c3ccccc3C)c12. The van der Waals surface area contributed by atoms with Crippen LogP contribution in [-0.2, 0) is 12.8 Å². The largest absolute Gasteiger partial charge is 0.117 e. The van der Waals surface area contributed by atoms with Gasteiger partial charge in [-0.25, -0.2) is 0 Å². The molecule has 39 heavy (non-hydrogen) atoms. The van der Waals surface area contributed by atoms with E-state index in [1.165, 1.54) is 65.7 Å². The van der Waals surface area contributed by atoms with Crippen molar-refractivity contribution in [2.45, 2.75) is 42.8 Å². The summed E-state index contributed by atoms with van der Waals surface area (Å²) < 4.78 is 0. The predicted molar refractivity (Wildman–Crippen MR) is 169 cm³/mol. The standard InChI is InChI=1S/C38H32S/c1-3-28-20-21-31(34-13-8-12-33(38(28)34)30-10-5-4-9-25(30)2)29-18-15-26(16-19-29)23-27-17-22-37-35(24-27)32-11-6-7-14-36(32)39-37/h4-22,24,32,36H,3,23H2,1-2H3. The van der Waals surface area contributed by atoms with Gasteiger partial charge in [0.25, 0.3) is 0 Å². The van der Waals surface area contributed by atoms with Crippen molar-refractivity contribution in [3.05, 3.63) is 149 Å². The lowest BCUT2D eigenvalue weighted by atomic mass is 9.87. The zero-order chi connectivity index (χ0) is 26.3. The maximum atomic E-state index is 2.44. The molecule has 1 aliphatic heterocycles. The fourth-order valence-electron chi connectivity index (χ4n) is 6.37. The van der Waals surface area contributed by atoms with E-state index in [-0.39, 0.29) is 0 Å². The Labute approximate surface area is 236 Å². The molecule has 0 spiro atoms. The van der Waals surface area contributed by atoms with Crippen molar-refractivity contribution in [3.8, 4) is 22.3 Å². The van der Waals surface area contributed by atoms with E-state index in [2.05, 4.69) is 135 Å². The van der Waals surface area contributed by atoms with Crippen molar-refractivity contribution in [3.63, 3.8) is 0 Å². The van der Waals surface area contributed by atoms with Crippen molar-refractivity contribution in [1.82, 2.24) is 0 Å². The molecule has 0 aromatic heterocycles. The average Bonchev–Trinajstić information content (AvgIpc) is 3.35. The van der Waals surface area contributed by atoms with Crippen LogP contribution in [0.5, 0.6) is 0 Å². The number of fused-ring (bicyclic) bond motifs is 4. The quantitative estimate of drug-likeness (QED) is 0.222. The number of hydrogen-bond donors (Lipinski definition) is 0. The van der Waals surface area contributed by atoms with Gasteiger partial charge in [-0.15, -0.1) is 11.8 Å². The molecule has 1 heteroatoms. The van der Waals surface area contributed by atoms with Crippen LogP contribution < -0.4 is 0 Å². The normalized spacial score (nSPS) is 17.4. The molecular formula is C38H32S. The number of allylic oxidation sites excluding steroid dienone is 3. The third-order valence-electron chi connectivity index (χ3n) is 8.40. The number of aryl methyl sites for hydroxylation is 2. The third-order valence-corrected chi connectivity index (χ3v) is 9.75. The molecule has 0 radical (unpaired) electrons. The van der Waals surface area contributed by atoms with Crippen LogP contribution in [-0.4, -0.2) is 5.25 Å². The van der Waals surface area contributed by atoms with Gasteiger partial charge in [0.05, 0.1) is 0 Å². The number of rotatable bonds is 5. The molecule has 1 aliphatic carbocycles. The van der Waals surface area contributed by atoms with E-state index in [9.17, 15) is 0 Å². The molecule has 0 saturated heterocycles. The van der Waals surface area contributed by atoms with Crippen LogP contribution in [0.3, 0.4) is 0 Å². The lowest BCUT2D eigenvalue weighted by Gasteiger charge is -2.16. The average molecular weight is 521 g/mol. The van der Waals surface area contributed by atoms with E-state index in [0.29, 0.717) is 11.2 Å². The van der Waals surface area contributed by atoms with Crippen molar-refractivity contribution < 1.29 is 0 Å². The van der Waals surface area contributed by atoms with Crippen LogP contribution in [0, 0.1) is 6.92 Å². The van der Waals surface area contributed by atoms with Crippen molar-refractivity contribution in [1.29, 1.82) is 0 Å². The molecular weight excluding hydrogens is 488 g/mol. The van der Waals surface area contributed by atoms with Gasteiger partial charge in [-0.3, -0.25) is 0 Å². The van der Waals surface area contributed by atoms with Crippen LogP contribution in [0.15, 0.2) is 126 Å². The Balaban J connectivity index is 1.22. The highest BCUT2D eigenvalue weighted by molar-refractivity contribution is 8.00. The fourth-order valence-corrected chi connectivity index (χ4v) is 7.69. The Bertz CT molecular complexity index is 1750. The molecule has 2 aliphatic rings. The van der Waals surface area contributed by atoms with Gasteiger partial charge in [-0.1, -0.05) is 122 Å². The van der Waals surface area contributed by atoms with Crippen LogP contribution in [0.4, 0.5) is 0 Å². The van der Waals surface area contributed by atoms with Gasteiger partial charge in [0.2, 0.25) is 0 Å². The minimum absolute atomic E-state index is 0.515. The van der Waals surface area contributed by atoms with Crippen LogP contribution >= 0.6 is 11.8 Å². The zero-order valence-corrected chi connectivity index (χ0v) is 23.3. The summed E-state index contributed by atoms with van der Waals surface area (Å²) in [5.74, 6) is 0.515. The summed E-state index contributed by atoms with van der Waals surface area (Å²) >= 11 is 2.00. The van der Waals surface area contributed by atoms with Crippen LogP contribution in [0.2, 0.25) is 0 Å². The van der Waals surface area contributed by atoms with Crippen molar-refractivity contribution in [2.24, 2.45) is 0 Å². The summed E-state index contributed by atoms with van der Waals surface area (Å²) in [6.07, 6.45) is 11.1. The molecule has 0 saturated carbocycles. The Morgan fingerprint density at radius 2 is 1.49 bits per heavy atom. The van der Waals surface area contributed by atoms with Crippen molar-refractivity contribution >= 4 is 22.5 Å². The summed E-state index contributed by atoms with van der Waals surface area (Å²) in [5, 5.41) is 3.28. The first kappa shape index (κ1) is 24.2. The first-order chi connectivity index (χ1) is 19.2. The topological polar surface area (TPSA) is 0 Å². The molecule has 0 nitrogen and oxygen atoms in total. The molecule has 5 aromatic rings. The molecule has 7 rings (SSSR count). The van der Waals surface area contributed by atoms with E-state index >= 15 is 0 Å². The van der Waals surface area contributed by atoms with Gasteiger partial charge in [0.15, 0.2) is 0 Å². The minimum atomic E-state index is 0.515. The zero-order valence-electron chi connectivity index (χ0n) is 22.5. The fraction of sp³-hybridized carbons (Fsp3) is 0.158. The summed E-state index contributed by atoms with van der Waals surface area (Å²) in [7, 11) is 0. The Morgan fingerprint density at radius 1 is 0.692 bits per heavy atom. The first-order valence-electron chi connectivity index (χ1n) is 14.0. The Morgan fingerprint density at radius 3 is 2.33 bits per heavy atom. The van der Waals surface area contributed by atoms with E-state index in [0.717, 1.165) is 12.8 Å². The summed E-state index contributed by atoms with van der Waals surface area (Å²) in [4.78, 5) is 1.44. The Kier molecular flexibility index (Phi) is 6.25. The molecule has 0 N–H and O–H groups in total. The van der Waals surface area contributed by atoms with Crippen LogP contribution in [0.25, 0.3) is 33.0 Å². The van der Waals surface area contributed by atoms with E-state index in [1.807, 2.05) is 11.8 Å². The van der Waals surface area contributed by atoms with Gasteiger partial charge in [-0.05, 0) is 86.7 Å². The Hall–Kier alpha value is -3.81. The molecule has 1 heterocycles. The van der Waals surface area contributed by atoms with Gasteiger partial charge in [0.1, 0.15) is 0 Å². The third kappa shape index (κ3) is 4.36. The number of benzene rings is 5. The molecule has 2 unspecified atom stereocenters. The maximum Gasteiger partial charge on any atom is 0.0381 e.